The molecule has 1 aliphatic heterocycles. The van der Waals surface area contributed by atoms with Crippen LogP contribution in [-0.4, -0.2) is 23.9 Å². The van der Waals surface area contributed by atoms with Crippen molar-refractivity contribution in [3.63, 3.8) is 0 Å². The number of rotatable bonds is 5. The summed E-state index contributed by atoms with van der Waals surface area (Å²) in [6.07, 6.45) is 5.04. The number of aliphatic hydroxyl groups excluding tert-OH is 1. The van der Waals surface area contributed by atoms with Crippen LogP contribution in [0.5, 0.6) is 0 Å². The molecule has 0 spiro atoms. The lowest BCUT2D eigenvalue weighted by Crippen LogP contribution is -2.15. The molecule has 1 N–H and O–H groups in total. The summed E-state index contributed by atoms with van der Waals surface area (Å²) < 4.78 is 5.60. The van der Waals surface area contributed by atoms with Crippen LogP contribution in [0.3, 0.4) is 0 Å². The van der Waals surface area contributed by atoms with Crippen LogP contribution < -0.4 is 0 Å². The summed E-state index contributed by atoms with van der Waals surface area (Å²) in [6.45, 7) is 7.56. The van der Waals surface area contributed by atoms with E-state index in [0.29, 0.717) is 6.10 Å². The van der Waals surface area contributed by atoms with E-state index in [1.807, 2.05) is 0 Å². The summed E-state index contributed by atoms with van der Waals surface area (Å²) in [5, 5.41) is 10.1. The van der Waals surface area contributed by atoms with Gasteiger partial charge in [-0.1, -0.05) is 45.0 Å². The largest absolute Gasteiger partial charge is 0.393 e. The van der Waals surface area contributed by atoms with Crippen molar-refractivity contribution in [1.29, 1.82) is 0 Å². The molecule has 20 heavy (non-hydrogen) atoms. The van der Waals surface area contributed by atoms with Crippen molar-refractivity contribution in [3.8, 4) is 0 Å². The lowest BCUT2D eigenvalue weighted by molar-refractivity contribution is 0.0813. The highest BCUT2D eigenvalue weighted by Crippen LogP contribution is 2.23. The van der Waals surface area contributed by atoms with Crippen LogP contribution in [0, 0.1) is 0 Å². The van der Waals surface area contributed by atoms with Gasteiger partial charge in [-0.3, -0.25) is 0 Å². The molecule has 0 saturated carbocycles. The fourth-order valence-electron chi connectivity index (χ4n) is 2.77. The Morgan fingerprint density at radius 1 is 1.25 bits per heavy atom. The van der Waals surface area contributed by atoms with Gasteiger partial charge in [0.25, 0.3) is 0 Å². The van der Waals surface area contributed by atoms with Crippen LogP contribution >= 0.6 is 0 Å². The minimum Gasteiger partial charge on any atom is -0.393 e. The molecule has 0 aromatic heterocycles. The van der Waals surface area contributed by atoms with Gasteiger partial charge in [-0.05, 0) is 48.6 Å². The molecule has 1 aromatic carbocycles. The highest BCUT2D eigenvalue weighted by atomic mass is 16.5. The van der Waals surface area contributed by atoms with Gasteiger partial charge in [0.05, 0.1) is 12.2 Å². The van der Waals surface area contributed by atoms with Gasteiger partial charge < -0.3 is 9.84 Å². The molecule has 0 aliphatic carbocycles. The number of hydrogen-bond donors (Lipinski definition) is 1. The molecule has 1 fully saturated rings. The molecule has 1 saturated heterocycles. The summed E-state index contributed by atoms with van der Waals surface area (Å²) in [4.78, 5) is 0. The average Bonchev–Trinajstić information content (AvgIpc) is 2.89. The minimum absolute atomic E-state index is 0.191. The lowest BCUT2D eigenvalue weighted by Gasteiger charge is -2.19. The molecular weight excluding hydrogens is 248 g/mol. The third-order valence-electron chi connectivity index (χ3n) is 4.14. The van der Waals surface area contributed by atoms with Gasteiger partial charge in [-0.2, -0.15) is 0 Å². The summed E-state index contributed by atoms with van der Waals surface area (Å²) in [6, 6.07) is 8.66. The Kier molecular flexibility index (Phi) is 5.22. The molecule has 2 heteroatoms. The highest BCUT2D eigenvalue weighted by Gasteiger charge is 2.17. The second-order valence-electron chi connectivity index (χ2n) is 7.02. The van der Waals surface area contributed by atoms with Crippen molar-refractivity contribution in [2.75, 3.05) is 6.61 Å². The Labute approximate surface area is 123 Å². The molecule has 2 nitrogen and oxygen atoms in total. The first-order valence-electron chi connectivity index (χ1n) is 7.84. The highest BCUT2D eigenvalue weighted by molar-refractivity contribution is 5.27. The standard InChI is InChI=1S/C18H28O2/c1-18(2,3)15-8-6-14(7-9-15)13-16(19)10-11-17-5-4-12-20-17/h6-9,16-17,19H,4-5,10-13H2,1-3H3. The van der Waals surface area contributed by atoms with Gasteiger partial charge in [0.1, 0.15) is 0 Å². The summed E-state index contributed by atoms with van der Waals surface area (Å²) in [7, 11) is 0. The second kappa shape index (κ2) is 6.73. The monoisotopic (exact) mass is 276 g/mol. The molecule has 2 atom stereocenters. The van der Waals surface area contributed by atoms with Gasteiger partial charge in [-0.25, -0.2) is 0 Å². The van der Waals surface area contributed by atoms with Crippen molar-refractivity contribution in [1.82, 2.24) is 0 Å². The Morgan fingerprint density at radius 3 is 2.50 bits per heavy atom. The van der Waals surface area contributed by atoms with E-state index in [9.17, 15) is 5.11 Å². The maximum Gasteiger partial charge on any atom is 0.0581 e. The summed E-state index contributed by atoms with van der Waals surface area (Å²) >= 11 is 0. The molecule has 112 valence electrons. The first-order valence-corrected chi connectivity index (χ1v) is 7.84. The summed E-state index contributed by atoms with van der Waals surface area (Å²) in [5.41, 5.74) is 2.75. The van der Waals surface area contributed by atoms with E-state index in [-0.39, 0.29) is 11.5 Å². The van der Waals surface area contributed by atoms with Crippen molar-refractivity contribution < 1.29 is 9.84 Å². The van der Waals surface area contributed by atoms with Crippen molar-refractivity contribution >= 4 is 0 Å². The minimum atomic E-state index is -0.250. The molecule has 0 bridgehead atoms. The van der Waals surface area contributed by atoms with Gasteiger partial charge >= 0.3 is 0 Å². The molecule has 0 radical (unpaired) electrons. The quantitative estimate of drug-likeness (QED) is 0.885. The van der Waals surface area contributed by atoms with Crippen LogP contribution in [-0.2, 0) is 16.6 Å². The number of benzene rings is 1. The van der Waals surface area contributed by atoms with Gasteiger partial charge in [0.2, 0.25) is 0 Å². The van der Waals surface area contributed by atoms with E-state index in [1.165, 1.54) is 17.5 Å². The Morgan fingerprint density at radius 2 is 1.95 bits per heavy atom. The van der Waals surface area contributed by atoms with Crippen LogP contribution in [0.4, 0.5) is 0 Å². The van der Waals surface area contributed by atoms with E-state index in [2.05, 4.69) is 45.0 Å². The van der Waals surface area contributed by atoms with Gasteiger partial charge in [0.15, 0.2) is 0 Å². The van der Waals surface area contributed by atoms with E-state index >= 15 is 0 Å². The predicted molar refractivity (Wildman–Crippen MR) is 83.1 cm³/mol. The van der Waals surface area contributed by atoms with Crippen molar-refractivity contribution in [2.24, 2.45) is 0 Å². The van der Waals surface area contributed by atoms with Crippen LogP contribution in [0.25, 0.3) is 0 Å². The topological polar surface area (TPSA) is 29.5 Å². The number of ether oxygens (including phenoxy) is 1. The van der Waals surface area contributed by atoms with Crippen LogP contribution in [0.1, 0.15) is 57.6 Å². The lowest BCUT2D eigenvalue weighted by atomic mass is 9.86. The predicted octanol–water partition coefficient (Wildman–Crippen LogP) is 3.85. The Hall–Kier alpha value is -0.860. The second-order valence-corrected chi connectivity index (χ2v) is 7.02. The van der Waals surface area contributed by atoms with Crippen molar-refractivity contribution in [3.05, 3.63) is 35.4 Å². The zero-order valence-corrected chi connectivity index (χ0v) is 13.1. The normalized spacial score (nSPS) is 21.1. The molecule has 1 aliphatic rings. The SMILES string of the molecule is CC(C)(C)c1ccc(CC(O)CCC2CCCO2)cc1. The molecule has 0 amide bonds. The Bertz CT molecular complexity index is 396. The maximum absolute atomic E-state index is 10.1. The molecule has 2 unspecified atom stereocenters. The van der Waals surface area contributed by atoms with E-state index in [0.717, 1.165) is 32.3 Å². The first kappa shape index (κ1) is 15.5. The fraction of sp³-hybridized carbons (Fsp3) is 0.667. The average molecular weight is 276 g/mol. The third kappa shape index (κ3) is 4.60. The molecular formula is C18H28O2. The fourth-order valence-corrected chi connectivity index (χ4v) is 2.77. The van der Waals surface area contributed by atoms with E-state index < -0.39 is 0 Å². The third-order valence-corrected chi connectivity index (χ3v) is 4.14. The Balaban J connectivity index is 1.80. The maximum atomic E-state index is 10.1. The number of aliphatic hydroxyl groups is 1. The van der Waals surface area contributed by atoms with E-state index in [1.54, 1.807) is 0 Å². The van der Waals surface area contributed by atoms with E-state index in [4.69, 9.17) is 4.74 Å². The van der Waals surface area contributed by atoms with Crippen molar-refractivity contribution in [2.45, 2.75) is 70.5 Å². The van der Waals surface area contributed by atoms with Gasteiger partial charge in [0, 0.05) is 6.61 Å². The number of hydrogen-bond acceptors (Lipinski definition) is 2. The van der Waals surface area contributed by atoms with Gasteiger partial charge in [-0.15, -0.1) is 0 Å². The zero-order chi connectivity index (χ0) is 14.6. The zero-order valence-electron chi connectivity index (χ0n) is 13.1. The molecule has 2 rings (SSSR count). The molecule has 1 aromatic rings. The summed E-state index contributed by atoms with van der Waals surface area (Å²) in [5.74, 6) is 0. The molecule has 1 heterocycles. The first-order chi connectivity index (χ1) is 9.45. The van der Waals surface area contributed by atoms with Crippen LogP contribution in [0.15, 0.2) is 24.3 Å². The smallest absolute Gasteiger partial charge is 0.0581 e. The van der Waals surface area contributed by atoms with Crippen LogP contribution in [0.2, 0.25) is 0 Å².